The van der Waals surface area contributed by atoms with Crippen LogP contribution in [-0.4, -0.2) is 19.2 Å². The van der Waals surface area contributed by atoms with Crippen molar-refractivity contribution in [3.05, 3.63) is 47.6 Å². The first-order valence-electron chi connectivity index (χ1n) is 5.97. The van der Waals surface area contributed by atoms with Gasteiger partial charge in [0.2, 0.25) is 10.0 Å². The molecule has 0 amide bonds. The van der Waals surface area contributed by atoms with E-state index >= 15 is 0 Å². The number of rotatable bonds is 5. The zero-order valence-corrected chi connectivity index (χ0v) is 12.4. The molecule has 0 aliphatic rings. The van der Waals surface area contributed by atoms with Crippen LogP contribution in [0, 0.1) is 0 Å². The van der Waals surface area contributed by atoms with E-state index in [1.807, 2.05) is 12.1 Å². The fourth-order valence-electron chi connectivity index (χ4n) is 1.49. The molecule has 0 fully saturated rings. The van der Waals surface area contributed by atoms with Gasteiger partial charge in [0, 0.05) is 10.7 Å². The third-order valence-electron chi connectivity index (χ3n) is 2.52. The minimum absolute atomic E-state index is 0.0111. The van der Waals surface area contributed by atoms with Gasteiger partial charge >= 0.3 is 0 Å². The van der Waals surface area contributed by atoms with Gasteiger partial charge in [-0.15, -0.1) is 0 Å². The third kappa shape index (κ3) is 4.11. The van der Waals surface area contributed by atoms with Crippen molar-refractivity contribution < 1.29 is 8.42 Å². The van der Waals surface area contributed by atoms with E-state index in [1.165, 1.54) is 0 Å². The van der Waals surface area contributed by atoms with E-state index in [4.69, 9.17) is 11.6 Å². The summed E-state index contributed by atoms with van der Waals surface area (Å²) in [5.41, 5.74) is 1.58. The Morgan fingerprint density at radius 3 is 2.60 bits per heavy atom. The van der Waals surface area contributed by atoms with Crippen LogP contribution in [0.3, 0.4) is 0 Å². The fourth-order valence-corrected chi connectivity index (χ4v) is 2.27. The summed E-state index contributed by atoms with van der Waals surface area (Å²) in [7, 11) is -3.30. The van der Waals surface area contributed by atoms with Gasteiger partial charge in [0.05, 0.1) is 17.6 Å². The lowest BCUT2D eigenvalue weighted by atomic mass is 10.3. The number of anilines is 3. The van der Waals surface area contributed by atoms with Crippen molar-refractivity contribution in [3.8, 4) is 0 Å². The van der Waals surface area contributed by atoms with Crippen molar-refractivity contribution in [1.29, 1.82) is 0 Å². The zero-order chi connectivity index (χ0) is 14.6. The molecule has 2 rings (SSSR count). The molecule has 0 saturated heterocycles. The van der Waals surface area contributed by atoms with Gasteiger partial charge < -0.3 is 5.32 Å². The molecule has 0 bridgehead atoms. The smallest absolute Gasteiger partial charge is 0.233 e. The first-order chi connectivity index (χ1) is 9.48. The summed E-state index contributed by atoms with van der Waals surface area (Å²) >= 11 is 5.89. The molecule has 0 saturated carbocycles. The molecule has 0 radical (unpaired) electrons. The average molecular weight is 312 g/mol. The molecule has 0 spiro atoms. The van der Waals surface area contributed by atoms with Crippen LogP contribution in [0.5, 0.6) is 0 Å². The molecule has 0 aliphatic carbocycles. The minimum atomic E-state index is -3.30. The number of nitrogens with zero attached hydrogens (tertiary/aromatic N) is 1. The van der Waals surface area contributed by atoms with Crippen molar-refractivity contribution >= 4 is 38.8 Å². The summed E-state index contributed by atoms with van der Waals surface area (Å²) in [5, 5.41) is 3.76. The number of pyridine rings is 1. The summed E-state index contributed by atoms with van der Waals surface area (Å²) in [6.45, 7) is 1.57. The summed E-state index contributed by atoms with van der Waals surface area (Å²) in [6, 6.07) is 10.6. The first kappa shape index (κ1) is 14.6. The number of hydrogen-bond donors (Lipinski definition) is 2. The standard InChI is InChI=1S/C13H14ClN3O2S/c1-2-20(18,19)17-13-7-6-12(9-15-13)16-11-5-3-4-10(14)8-11/h3-9,16H,2H2,1H3,(H,15,17). The molecule has 0 atom stereocenters. The van der Waals surface area contributed by atoms with Crippen LogP contribution in [-0.2, 0) is 10.0 Å². The number of sulfonamides is 1. The van der Waals surface area contributed by atoms with Gasteiger partial charge in [-0.25, -0.2) is 13.4 Å². The van der Waals surface area contributed by atoms with Gasteiger partial charge in [-0.1, -0.05) is 17.7 Å². The quantitative estimate of drug-likeness (QED) is 0.889. The second kappa shape index (κ2) is 6.11. The molecule has 106 valence electrons. The monoisotopic (exact) mass is 311 g/mol. The zero-order valence-electron chi connectivity index (χ0n) is 10.8. The Morgan fingerprint density at radius 2 is 2.00 bits per heavy atom. The molecule has 2 N–H and O–H groups in total. The Hall–Kier alpha value is -1.79. The van der Waals surface area contributed by atoms with Gasteiger partial charge in [0.1, 0.15) is 5.82 Å². The molecular weight excluding hydrogens is 298 g/mol. The maximum absolute atomic E-state index is 11.4. The summed E-state index contributed by atoms with van der Waals surface area (Å²) in [4.78, 5) is 4.04. The Balaban J connectivity index is 2.09. The third-order valence-corrected chi connectivity index (χ3v) is 4.03. The molecule has 20 heavy (non-hydrogen) atoms. The molecular formula is C13H14ClN3O2S. The SMILES string of the molecule is CCS(=O)(=O)Nc1ccc(Nc2cccc(Cl)c2)cn1. The second-order valence-electron chi connectivity index (χ2n) is 4.07. The Labute approximate surface area is 123 Å². The maximum atomic E-state index is 11.4. The van der Waals surface area contributed by atoms with E-state index in [0.29, 0.717) is 10.8 Å². The minimum Gasteiger partial charge on any atom is -0.354 e. The highest BCUT2D eigenvalue weighted by Crippen LogP contribution is 2.20. The topological polar surface area (TPSA) is 71.1 Å². The van der Waals surface area contributed by atoms with Crippen LogP contribution in [0.2, 0.25) is 5.02 Å². The molecule has 5 nitrogen and oxygen atoms in total. The fraction of sp³-hybridized carbons (Fsp3) is 0.154. The van der Waals surface area contributed by atoms with Gasteiger partial charge in [-0.3, -0.25) is 4.72 Å². The number of nitrogens with one attached hydrogen (secondary N) is 2. The highest BCUT2D eigenvalue weighted by molar-refractivity contribution is 7.92. The first-order valence-corrected chi connectivity index (χ1v) is 8.00. The number of hydrogen-bond acceptors (Lipinski definition) is 4. The van der Waals surface area contributed by atoms with Gasteiger partial charge in [0.15, 0.2) is 0 Å². The van der Waals surface area contributed by atoms with E-state index in [-0.39, 0.29) is 5.75 Å². The molecule has 2 aromatic rings. The lowest BCUT2D eigenvalue weighted by molar-refractivity contribution is 0.602. The van der Waals surface area contributed by atoms with Crippen LogP contribution in [0.25, 0.3) is 0 Å². The van der Waals surface area contributed by atoms with E-state index in [1.54, 1.807) is 37.4 Å². The highest BCUT2D eigenvalue weighted by Gasteiger charge is 2.07. The normalized spacial score (nSPS) is 11.1. The molecule has 1 heterocycles. The number of halogens is 1. The van der Waals surface area contributed by atoms with Crippen molar-refractivity contribution in [1.82, 2.24) is 4.98 Å². The number of benzene rings is 1. The largest absolute Gasteiger partial charge is 0.354 e. The van der Waals surface area contributed by atoms with Crippen molar-refractivity contribution in [2.75, 3.05) is 15.8 Å². The van der Waals surface area contributed by atoms with Crippen molar-refractivity contribution in [3.63, 3.8) is 0 Å². The lowest BCUT2D eigenvalue weighted by Crippen LogP contribution is -2.15. The van der Waals surface area contributed by atoms with Crippen LogP contribution < -0.4 is 10.0 Å². The van der Waals surface area contributed by atoms with E-state index in [2.05, 4.69) is 15.0 Å². The van der Waals surface area contributed by atoms with E-state index in [9.17, 15) is 8.42 Å². The van der Waals surface area contributed by atoms with E-state index in [0.717, 1.165) is 11.4 Å². The second-order valence-corrected chi connectivity index (χ2v) is 6.52. The summed E-state index contributed by atoms with van der Waals surface area (Å²) in [5.74, 6) is 0.306. The maximum Gasteiger partial charge on any atom is 0.233 e. The van der Waals surface area contributed by atoms with Gasteiger partial charge in [0.25, 0.3) is 0 Å². The average Bonchev–Trinajstić information content (AvgIpc) is 2.41. The predicted molar refractivity (Wildman–Crippen MR) is 82.1 cm³/mol. The van der Waals surface area contributed by atoms with Crippen LogP contribution >= 0.6 is 11.6 Å². The summed E-state index contributed by atoms with van der Waals surface area (Å²) < 4.78 is 25.2. The Morgan fingerprint density at radius 1 is 1.20 bits per heavy atom. The summed E-state index contributed by atoms with van der Waals surface area (Å²) in [6.07, 6.45) is 1.55. The number of aromatic nitrogens is 1. The van der Waals surface area contributed by atoms with Gasteiger partial charge in [-0.2, -0.15) is 0 Å². The van der Waals surface area contributed by atoms with Crippen molar-refractivity contribution in [2.24, 2.45) is 0 Å². The molecule has 7 heteroatoms. The Kier molecular flexibility index (Phi) is 4.46. The van der Waals surface area contributed by atoms with Gasteiger partial charge in [-0.05, 0) is 37.3 Å². The van der Waals surface area contributed by atoms with Crippen LogP contribution in [0.4, 0.5) is 17.2 Å². The highest BCUT2D eigenvalue weighted by atomic mass is 35.5. The van der Waals surface area contributed by atoms with Crippen molar-refractivity contribution in [2.45, 2.75) is 6.92 Å². The molecule has 1 aromatic heterocycles. The molecule has 1 aromatic carbocycles. The molecule has 0 unspecified atom stereocenters. The lowest BCUT2D eigenvalue weighted by Gasteiger charge is -2.08. The molecule has 0 aliphatic heterocycles. The Bertz CT molecular complexity index is 687. The predicted octanol–water partition coefficient (Wildman–Crippen LogP) is 3.24. The van der Waals surface area contributed by atoms with Crippen LogP contribution in [0.1, 0.15) is 6.92 Å². The van der Waals surface area contributed by atoms with Crippen LogP contribution in [0.15, 0.2) is 42.6 Å². The van der Waals surface area contributed by atoms with E-state index < -0.39 is 10.0 Å².